The summed E-state index contributed by atoms with van der Waals surface area (Å²) in [6, 6.07) is 0. The van der Waals surface area contributed by atoms with E-state index in [1.165, 1.54) is 11.8 Å². The number of cyclic esters (lactones) is 1. The van der Waals surface area contributed by atoms with Gasteiger partial charge in [0.15, 0.2) is 0 Å². The van der Waals surface area contributed by atoms with Crippen LogP contribution in [0.5, 0.6) is 0 Å². The van der Waals surface area contributed by atoms with Gasteiger partial charge in [-0.05, 0) is 6.92 Å². The predicted octanol–water partition coefficient (Wildman–Crippen LogP) is 0.0339. The van der Waals surface area contributed by atoms with Gasteiger partial charge in [-0.1, -0.05) is 6.58 Å². The summed E-state index contributed by atoms with van der Waals surface area (Å²) in [4.78, 5) is 21.1. The van der Waals surface area contributed by atoms with E-state index in [4.69, 9.17) is 10.2 Å². The van der Waals surface area contributed by atoms with E-state index in [1.807, 2.05) is 0 Å². The quantitative estimate of drug-likeness (QED) is 0.618. The van der Waals surface area contributed by atoms with Gasteiger partial charge in [0, 0.05) is 6.08 Å². The average molecular weight is 203 g/mol. The number of carbonyl (C=O) groups is 2. The highest BCUT2D eigenvalue weighted by atomic mass is 16.6. The number of amides is 1. The fraction of sp³-hybridized carbons (Fsp3) is 0.500. The largest absolute Gasteiger partial charge is 0.478 e. The molecule has 14 heavy (non-hydrogen) atoms. The Bertz CT molecular complexity index is 226. The molecule has 6 nitrogen and oxygen atoms in total. The normalized spacial score (nSPS) is 16.4. The second kappa shape index (κ2) is 5.98. The number of aliphatic hydroxyl groups excluding tert-OH is 1. The van der Waals surface area contributed by atoms with Crippen molar-refractivity contribution < 1.29 is 24.5 Å². The van der Waals surface area contributed by atoms with Crippen molar-refractivity contribution in [2.75, 3.05) is 13.2 Å². The molecule has 0 aromatic heterocycles. The van der Waals surface area contributed by atoms with Gasteiger partial charge >= 0.3 is 12.1 Å². The third kappa shape index (κ3) is 4.46. The van der Waals surface area contributed by atoms with Gasteiger partial charge in [0.05, 0.1) is 6.54 Å². The van der Waals surface area contributed by atoms with Gasteiger partial charge in [0.1, 0.15) is 12.8 Å². The number of carboxylic acids is 1. The minimum atomic E-state index is -0.981. The molecule has 0 aromatic rings. The second-order valence-electron chi connectivity index (χ2n) is 2.48. The molecule has 1 unspecified atom stereocenters. The van der Waals surface area contributed by atoms with Crippen molar-refractivity contribution in [2.24, 2.45) is 0 Å². The summed E-state index contributed by atoms with van der Waals surface area (Å²) in [5, 5.41) is 16.5. The lowest BCUT2D eigenvalue weighted by molar-refractivity contribution is -0.131. The lowest BCUT2D eigenvalue weighted by Gasteiger charge is -2.14. The Balaban J connectivity index is 0.000000292. The first kappa shape index (κ1) is 12.4. The third-order valence-corrected chi connectivity index (χ3v) is 1.42. The number of carboxylic acid groups (broad SMARTS) is 1. The Morgan fingerprint density at radius 2 is 2.29 bits per heavy atom. The van der Waals surface area contributed by atoms with Gasteiger partial charge in [-0.3, -0.25) is 4.90 Å². The number of nitrogens with zero attached hydrogens (tertiary/aromatic N) is 1. The molecule has 0 aromatic carbocycles. The van der Waals surface area contributed by atoms with Gasteiger partial charge in [-0.15, -0.1) is 0 Å². The summed E-state index contributed by atoms with van der Waals surface area (Å²) in [6.45, 7) is 5.38. The van der Waals surface area contributed by atoms with E-state index < -0.39 is 18.3 Å². The van der Waals surface area contributed by atoms with Crippen LogP contribution in [0.15, 0.2) is 12.7 Å². The smallest absolute Gasteiger partial charge is 0.411 e. The molecule has 0 radical (unpaired) electrons. The van der Waals surface area contributed by atoms with Crippen molar-refractivity contribution in [3.05, 3.63) is 12.7 Å². The summed E-state index contributed by atoms with van der Waals surface area (Å²) in [5.74, 6) is -0.981. The van der Waals surface area contributed by atoms with Crippen LogP contribution >= 0.6 is 0 Å². The Morgan fingerprint density at radius 3 is 2.43 bits per heavy atom. The van der Waals surface area contributed by atoms with Gasteiger partial charge in [-0.2, -0.15) is 0 Å². The van der Waals surface area contributed by atoms with Crippen LogP contribution in [0.2, 0.25) is 0 Å². The van der Waals surface area contributed by atoms with E-state index >= 15 is 0 Å². The minimum Gasteiger partial charge on any atom is -0.478 e. The average Bonchev–Trinajstić information content (AvgIpc) is 2.52. The first-order chi connectivity index (χ1) is 6.49. The first-order valence-corrected chi connectivity index (χ1v) is 3.96. The molecule has 0 aliphatic carbocycles. The molecule has 1 atom stereocenters. The molecular weight excluding hydrogens is 190 g/mol. The Hall–Kier alpha value is -1.56. The molecule has 1 aliphatic rings. The number of hydrogen-bond acceptors (Lipinski definition) is 4. The zero-order valence-corrected chi connectivity index (χ0v) is 7.84. The summed E-state index contributed by atoms with van der Waals surface area (Å²) >= 11 is 0. The summed E-state index contributed by atoms with van der Waals surface area (Å²) in [5.41, 5.74) is 0. The van der Waals surface area contributed by atoms with Crippen molar-refractivity contribution in [3.8, 4) is 0 Å². The molecule has 1 rings (SSSR count). The van der Waals surface area contributed by atoms with Crippen LogP contribution in [0.4, 0.5) is 4.79 Å². The van der Waals surface area contributed by atoms with Crippen molar-refractivity contribution >= 4 is 12.1 Å². The Kier molecular flexibility index (Phi) is 5.31. The molecular formula is C8H13NO5. The van der Waals surface area contributed by atoms with Crippen LogP contribution < -0.4 is 0 Å². The summed E-state index contributed by atoms with van der Waals surface area (Å²) in [7, 11) is 0. The lowest BCUT2D eigenvalue weighted by atomic mass is 10.5. The second-order valence-corrected chi connectivity index (χ2v) is 2.48. The zero-order chi connectivity index (χ0) is 11.1. The topological polar surface area (TPSA) is 87.1 Å². The molecule has 0 bridgehead atoms. The lowest BCUT2D eigenvalue weighted by Crippen LogP contribution is -2.33. The molecule has 0 saturated carbocycles. The molecule has 1 amide bonds. The van der Waals surface area contributed by atoms with Gasteiger partial charge in [0.25, 0.3) is 0 Å². The van der Waals surface area contributed by atoms with Crippen LogP contribution in [0.3, 0.4) is 0 Å². The first-order valence-electron chi connectivity index (χ1n) is 3.96. The maximum absolute atomic E-state index is 10.6. The van der Waals surface area contributed by atoms with E-state index in [-0.39, 0.29) is 0 Å². The highest BCUT2D eigenvalue weighted by molar-refractivity contribution is 5.78. The third-order valence-electron chi connectivity index (χ3n) is 1.42. The number of aliphatic carboxylic acids is 1. The molecule has 1 saturated heterocycles. The number of aliphatic hydroxyl groups is 1. The minimum absolute atomic E-state index is 0.393. The summed E-state index contributed by atoms with van der Waals surface area (Å²) in [6.07, 6.45) is -0.315. The Morgan fingerprint density at radius 1 is 1.79 bits per heavy atom. The highest BCUT2D eigenvalue weighted by Gasteiger charge is 2.24. The fourth-order valence-electron chi connectivity index (χ4n) is 0.745. The molecule has 2 N–H and O–H groups in total. The zero-order valence-electron chi connectivity index (χ0n) is 7.84. The molecule has 1 heterocycles. The fourth-order valence-corrected chi connectivity index (χ4v) is 0.745. The molecule has 1 fully saturated rings. The van der Waals surface area contributed by atoms with E-state index in [0.717, 1.165) is 6.08 Å². The Labute approximate surface area is 81.4 Å². The van der Waals surface area contributed by atoms with Gasteiger partial charge in [0.2, 0.25) is 0 Å². The van der Waals surface area contributed by atoms with E-state index in [2.05, 4.69) is 11.3 Å². The van der Waals surface area contributed by atoms with Crippen LogP contribution in [0, 0.1) is 0 Å². The number of ether oxygens (including phenoxy) is 1. The van der Waals surface area contributed by atoms with E-state index in [0.29, 0.717) is 13.2 Å². The van der Waals surface area contributed by atoms with Gasteiger partial charge < -0.3 is 14.9 Å². The molecule has 0 spiro atoms. The summed E-state index contributed by atoms with van der Waals surface area (Å²) < 4.78 is 4.55. The highest BCUT2D eigenvalue weighted by Crippen LogP contribution is 2.05. The molecule has 6 heteroatoms. The maximum Gasteiger partial charge on any atom is 0.411 e. The SMILES string of the molecule is C=CC(=O)O.CC(O)N1CCOC1=O. The van der Waals surface area contributed by atoms with Crippen molar-refractivity contribution in [1.82, 2.24) is 4.90 Å². The van der Waals surface area contributed by atoms with Crippen LogP contribution in [0.25, 0.3) is 0 Å². The van der Waals surface area contributed by atoms with Crippen LogP contribution in [0.1, 0.15) is 6.92 Å². The van der Waals surface area contributed by atoms with Gasteiger partial charge in [-0.25, -0.2) is 9.59 Å². The van der Waals surface area contributed by atoms with Crippen LogP contribution in [-0.4, -0.2) is 46.6 Å². The number of rotatable bonds is 2. The predicted molar refractivity (Wildman–Crippen MR) is 47.6 cm³/mol. The maximum atomic E-state index is 10.6. The number of carbonyl (C=O) groups excluding carboxylic acids is 1. The van der Waals surface area contributed by atoms with Crippen LogP contribution in [-0.2, 0) is 9.53 Å². The number of hydrogen-bond donors (Lipinski definition) is 2. The standard InChI is InChI=1S/C5H9NO3.C3H4O2/c1-4(7)6-2-3-9-5(6)8;1-2-3(4)5/h4,7H,2-3H2,1H3;2H,1H2,(H,4,5). The van der Waals surface area contributed by atoms with Crippen molar-refractivity contribution in [1.29, 1.82) is 0 Å². The van der Waals surface area contributed by atoms with Crippen molar-refractivity contribution in [3.63, 3.8) is 0 Å². The van der Waals surface area contributed by atoms with Crippen molar-refractivity contribution in [2.45, 2.75) is 13.2 Å². The van der Waals surface area contributed by atoms with E-state index in [1.54, 1.807) is 0 Å². The molecule has 80 valence electrons. The van der Waals surface area contributed by atoms with E-state index in [9.17, 15) is 9.59 Å². The monoisotopic (exact) mass is 203 g/mol. The molecule has 1 aliphatic heterocycles.